The van der Waals surface area contributed by atoms with E-state index >= 15 is 0 Å². The molecule has 0 atom stereocenters. The molecule has 0 unspecified atom stereocenters. The first-order valence-corrected chi connectivity index (χ1v) is 5.68. The van der Waals surface area contributed by atoms with E-state index in [1.807, 2.05) is 13.8 Å². The van der Waals surface area contributed by atoms with E-state index in [9.17, 15) is 14.9 Å². The molecule has 0 aromatic heterocycles. The van der Waals surface area contributed by atoms with E-state index in [1.165, 1.54) is 12.1 Å². The molecule has 98 valence electrons. The summed E-state index contributed by atoms with van der Waals surface area (Å²) < 4.78 is 0. The monoisotopic (exact) mass is 251 g/mol. The molecule has 0 heterocycles. The number of nitrogens with one attached hydrogen (secondary N) is 1. The van der Waals surface area contributed by atoms with E-state index in [4.69, 9.17) is 0 Å². The lowest BCUT2D eigenvalue weighted by Gasteiger charge is -2.16. The minimum absolute atomic E-state index is 0.0133. The predicted molar refractivity (Wildman–Crippen MR) is 69.6 cm³/mol. The number of hydrogen-bond acceptors (Lipinski definition) is 4. The van der Waals surface area contributed by atoms with Crippen molar-refractivity contribution in [2.45, 2.75) is 13.8 Å². The Morgan fingerprint density at radius 2 is 2.17 bits per heavy atom. The number of non-ortho nitro benzene ring substituents is 1. The fraction of sp³-hybridized carbons (Fsp3) is 0.417. The van der Waals surface area contributed by atoms with Crippen LogP contribution >= 0.6 is 0 Å². The second-order valence-corrected chi connectivity index (χ2v) is 4.02. The number of aryl methyl sites for hydroxylation is 1. The van der Waals surface area contributed by atoms with Gasteiger partial charge in [0.15, 0.2) is 0 Å². The van der Waals surface area contributed by atoms with E-state index in [-0.39, 0.29) is 18.1 Å². The van der Waals surface area contributed by atoms with Gasteiger partial charge in [-0.15, -0.1) is 0 Å². The molecule has 0 aliphatic carbocycles. The fourth-order valence-corrected chi connectivity index (χ4v) is 1.40. The van der Waals surface area contributed by atoms with Gasteiger partial charge in [0.1, 0.15) is 0 Å². The lowest BCUT2D eigenvalue weighted by atomic mass is 10.2. The summed E-state index contributed by atoms with van der Waals surface area (Å²) in [7, 11) is 1.71. The molecular weight excluding hydrogens is 234 g/mol. The van der Waals surface area contributed by atoms with Gasteiger partial charge in [-0.2, -0.15) is 0 Å². The number of hydrogen-bond donors (Lipinski definition) is 1. The average molecular weight is 251 g/mol. The van der Waals surface area contributed by atoms with Crippen molar-refractivity contribution in [1.29, 1.82) is 0 Å². The number of nitro groups is 1. The number of nitro benzene ring substituents is 1. The molecule has 1 aromatic rings. The third-order valence-electron chi connectivity index (χ3n) is 2.76. The number of carbonyl (C=O) groups excluding carboxylic acids is 1. The lowest BCUT2D eigenvalue weighted by Crippen LogP contribution is -2.32. The lowest BCUT2D eigenvalue weighted by molar-refractivity contribution is -0.384. The Balaban J connectivity index is 2.75. The molecule has 0 aliphatic rings. The van der Waals surface area contributed by atoms with Crippen LogP contribution in [0.1, 0.15) is 12.5 Å². The zero-order valence-corrected chi connectivity index (χ0v) is 10.8. The third kappa shape index (κ3) is 3.44. The first-order chi connectivity index (χ1) is 8.45. The van der Waals surface area contributed by atoms with Crippen LogP contribution in [0.15, 0.2) is 18.2 Å². The summed E-state index contributed by atoms with van der Waals surface area (Å²) in [4.78, 5) is 23.4. The molecule has 6 nitrogen and oxygen atoms in total. The first-order valence-electron chi connectivity index (χ1n) is 5.68. The quantitative estimate of drug-likeness (QED) is 0.639. The van der Waals surface area contributed by atoms with Gasteiger partial charge in [-0.1, -0.05) is 6.07 Å². The van der Waals surface area contributed by atoms with Gasteiger partial charge in [0.05, 0.1) is 11.5 Å². The molecule has 1 N–H and O–H groups in total. The van der Waals surface area contributed by atoms with Gasteiger partial charge < -0.3 is 10.2 Å². The van der Waals surface area contributed by atoms with Crippen molar-refractivity contribution in [3.63, 3.8) is 0 Å². The highest BCUT2D eigenvalue weighted by Crippen LogP contribution is 2.21. The van der Waals surface area contributed by atoms with Crippen LogP contribution in [0.2, 0.25) is 0 Å². The smallest absolute Gasteiger partial charge is 0.271 e. The molecular formula is C12H17N3O3. The number of anilines is 1. The van der Waals surface area contributed by atoms with Crippen LogP contribution < -0.4 is 5.32 Å². The molecule has 6 heteroatoms. The summed E-state index contributed by atoms with van der Waals surface area (Å²) in [5.41, 5.74) is 1.49. The van der Waals surface area contributed by atoms with Gasteiger partial charge in [-0.25, -0.2) is 0 Å². The molecule has 1 aromatic carbocycles. The molecule has 0 aliphatic heterocycles. The van der Waals surface area contributed by atoms with Crippen LogP contribution in [-0.2, 0) is 4.79 Å². The first kappa shape index (κ1) is 14.0. The zero-order valence-electron chi connectivity index (χ0n) is 10.8. The van der Waals surface area contributed by atoms with Crippen LogP contribution in [0, 0.1) is 17.0 Å². The third-order valence-corrected chi connectivity index (χ3v) is 2.76. The molecule has 1 rings (SSSR count). The Morgan fingerprint density at radius 1 is 1.50 bits per heavy atom. The normalized spacial score (nSPS) is 9.94. The molecule has 0 fully saturated rings. The number of benzene rings is 1. The van der Waals surface area contributed by atoms with Crippen molar-refractivity contribution in [2.75, 3.05) is 25.5 Å². The van der Waals surface area contributed by atoms with Crippen LogP contribution in [-0.4, -0.2) is 35.9 Å². The Hall–Kier alpha value is -2.11. The summed E-state index contributed by atoms with van der Waals surface area (Å²) in [6.07, 6.45) is 0. The second-order valence-electron chi connectivity index (χ2n) is 4.02. The van der Waals surface area contributed by atoms with E-state index < -0.39 is 4.92 Å². The second kappa shape index (κ2) is 6.00. The highest BCUT2D eigenvalue weighted by Gasteiger charge is 2.10. The highest BCUT2D eigenvalue weighted by molar-refractivity contribution is 5.81. The topological polar surface area (TPSA) is 75.5 Å². The maximum absolute atomic E-state index is 11.6. The van der Waals surface area contributed by atoms with Crippen LogP contribution in [0.25, 0.3) is 0 Å². The van der Waals surface area contributed by atoms with Crippen LogP contribution in [0.4, 0.5) is 11.4 Å². The standard InChI is InChI=1S/C12H17N3O3/c1-4-14(3)12(16)8-13-11-7-10(15(17)18)6-5-9(11)2/h5-7,13H,4,8H2,1-3H3. The molecule has 0 spiro atoms. The number of nitrogens with zero attached hydrogens (tertiary/aromatic N) is 2. The zero-order chi connectivity index (χ0) is 13.7. The fourth-order valence-electron chi connectivity index (χ4n) is 1.40. The minimum atomic E-state index is -0.454. The summed E-state index contributed by atoms with van der Waals surface area (Å²) in [5, 5.41) is 13.6. The van der Waals surface area contributed by atoms with Crippen molar-refractivity contribution in [3.8, 4) is 0 Å². The number of carbonyl (C=O) groups is 1. The Bertz CT molecular complexity index is 460. The molecule has 1 amide bonds. The average Bonchev–Trinajstić information content (AvgIpc) is 2.36. The van der Waals surface area contributed by atoms with Crippen LogP contribution in [0.3, 0.4) is 0 Å². The van der Waals surface area contributed by atoms with Gasteiger partial charge in [-0.3, -0.25) is 14.9 Å². The highest BCUT2D eigenvalue weighted by atomic mass is 16.6. The summed E-state index contributed by atoms with van der Waals surface area (Å²) >= 11 is 0. The Morgan fingerprint density at radius 3 is 2.72 bits per heavy atom. The maximum Gasteiger partial charge on any atom is 0.271 e. The summed E-state index contributed by atoms with van der Waals surface area (Å²) in [6, 6.07) is 4.55. The van der Waals surface area contributed by atoms with Crippen molar-refractivity contribution >= 4 is 17.3 Å². The van der Waals surface area contributed by atoms with E-state index in [0.717, 1.165) is 5.56 Å². The van der Waals surface area contributed by atoms with Gasteiger partial charge in [-0.05, 0) is 19.4 Å². The van der Waals surface area contributed by atoms with Gasteiger partial charge in [0, 0.05) is 31.4 Å². The van der Waals surface area contributed by atoms with Crippen molar-refractivity contribution < 1.29 is 9.72 Å². The molecule has 0 bridgehead atoms. The predicted octanol–water partition coefficient (Wildman–Crippen LogP) is 1.79. The summed E-state index contributed by atoms with van der Waals surface area (Å²) in [5.74, 6) is -0.0524. The van der Waals surface area contributed by atoms with E-state index in [2.05, 4.69) is 5.32 Å². The SMILES string of the molecule is CCN(C)C(=O)CNc1cc([N+](=O)[O-])ccc1C. The Labute approximate surface area is 106 Å². The van der Waals surface area contributed by atoms with Crippen LogP contribution in [0.5, 0.6) is 0 Å². The number of likely N-dealkylation sites (N-methyl/N-ethyl adjacent to an activating group) is 1. The van der Waals surface area contributed by atoms with Crippen molar-refractivity contribution in [1.82, 2.24) is 4.90 Å². The summed E-state index contributed by atoms with van der Waals surface area (Å²) in [6.45, 7) is 4.48. The van der Waals surface area contributed by atoms with Crippen molar-refractivity contribution in [3.05, 3.63) is 33.9 Å². The number of amides is 1. The van der Waals surface area contributed by atoms with E-state index in [1.54, 1.807) is 18.0 Å². The maximum atomic E-state index is 11.6. The molecule has 18 heavy (non-hydrogen) atoms. The minimum Gasteiger partial charge on any atom is -0.376 e. The van der Waals surface area contributed by atoms with Gasteiger partial charge in [0.2, 0.25) is 5.91 Å². The molecule has 0 radical (unpaired) electrons. The van der Waals surface area contributed by atoms with Gasteiger partial charge in [0.25, 0.3) is 5.69 Å². The van der Waals surface area contributed by atoms with Gasteiger partial charge >= 0.3 is 0 Å². The molecule has 0 saturated carbocycles. The molecule has 0 saturated heterocycles. The number of rotatable bonds is 5. The van der Waals surface area contributed by atoms with Crippen molar-refractivity contribution in [2.24, 2.45) is 0 Å². The van der Waals surface area contributed by atoms with E-state index in [0.29, 0.717) is 12.2 Å². The largest absolute Gasteiger partial charge is 0.376 e. The Kier molecular flexibility index (Phi) is 4.65.